The molecule has 0 bridgehead atoms. The highest BCUT2D eigenvalue weighted by molar-refractivity contribution is 5.62. The van der Waals surface area contributed by atoms with Gasteiger partial charge in [0.15, 0.2) is 6.23 Å². The van der Waals surface area contributed by atoms with E-state index in [9.17, 15) is 5.11 Å². The van der Waals surface area contributed by atoms with Gasteiger partial charge in [-0.2, -0.15) is 0 Å². The van der Waals surface area contributed by atoms with Crippen molar-refractivity contribution < 1.29 is 5.11 Å². The number of aliphatic hydroxyl groups excluding tert-OH is 1. The Kier molecular flexibility index (Phi) is 2.65. The van der Waals surface area contributed by atoms with Crippen molar-refractivity contribution in [1.82, 2.24) is 4.57 Å². The minimum Gasteiger partial charge on any atom is -0.370 e. The number of aromatic nitrogens is 1. The molecule has 3 rings (SSSR count). The van der Waals surface area contributed by atoms with Crippen molar-refractivity contribution in [1.29, 1.82) is 0 Å². The molecule has 1 aliphatic heterocycles. The van der Waals surface area contributed by atoms with Gasteiger partial charge in [0, 0.05) is 10.7 Å². The Balaban J connectivity index is 2.29. The lowest BCUT2D eigenvalue weighted by Gasteiger charge is -2.14. The number of hydrogen-bond donors (Lipinski definition) is 1. The van der Waals surface area contributed by atoms with Gasteiger partial charge >= 0.3 is 0 Å². The number of allylic oxidation sites excluding steroid dienone is 1. The summed E-state index contributed by atoms with van der Waals surface area (Å²) in [7, 11) is 0. The lowest BCUT2D eigenvalue weighted by atomic mass is 10.1. The maximum atomic E-state index is 10.1. The van der Waals surface area contributed by atoms with Crippen LogP contribution in [-0.4, -0.2) is 9.67 Å². The van der Waals surface area contributed by atoms with Crippen molar-refractivity contribution in [2.24, 2.45) is 0 Å². The summed E-state index contributed by atoms with van der Waals surface area (Å²) in [6, 6.07) is 14.3. The van der Waals surface area contributed by atoms with Crippen LogP contribution >= 0.6 is 0 Å². The van der Waals surface area contributed by atoms with Gasteiger partial charge in [0.05, 0.1) is 0 Å². The van der Waals surface area contributed by atoms with Crippen LogP contribution in [0.1, 0.15) is 18.7 Å². The minimum absolute atomic E-state index is 0.575. The maximum Gasteiger partial charge on any atom is 0.150 e. The summed E-state index contributed by atoms with van der Waals surface area (Å²) in [5, 5.41) is 12.2. The molecular formula is C16H15NO. The summed E-state index contributed by atoms with van der Waals surface area (Å²) < 4.78 is 1.95. The van der Waals surface area contributed by atoms with Crippen LogP contribution in [0.15, 0.2) is 54.6 Å². The van der Waals surface area contributed by atoms with E-state index >= 15 is 0 Å². The van der Waals surface area contributed by atoms with Crippen molar-refractivity contribution in [3.63, 3.8) is 0 Å². The average Bonchev–Trinajstić information content (AvgIpc) is 2.84. The first kappa shape index (κ1) is 11.1. The fraction of sp³-hybridized carbons (Fsp3) is 0.125. The van der Waals surface area contributed by atoms with Crippen molar-refractivity contribution in [3.8, 4) is 0 Å². The van der Waals surface area contributed by atoms with E-state index in [2.05, 4.69) is 25.1 Å². The fourth-order valence-electron chi connectivity index (χ4n) is 2.38. The Labute approximate surface area is 106 Å². The highest BCUT2D eigenvalue weighted by atomic mass is 16.3. The highest BCUT2D eigenvalue weighted by Crippen LogP contribution is 2.10. The predicted octanol–water partition coefficient (Wildman–Crippen LogP) is 1.55. The van der Waals surface area contributed by atoms with E-state index in [0.717, 1.165) is 10.7 Å². The smallest absolute Gasteiger partial charge is 0.150 e. The third-order valence-corrected chi connectivity index (χ3v) is 3.36. The standard InChI is InChI=1S/C16H15NO/c1-12(13-6-3-2-4-7-13)15-11-10-14-8-5-9-16(18)17(14)15/h2-11,16,18H,1H3. The van der Waals surface area contributed by atoms with Crippen LogP contribution in [0, 0.1) is 0 Å². The van der Waals surface area contributed by atoms with Crippen LogP contribution in [0.3, 0.4) is 0 Å². The molecular weight excluding hydrogens is 222 g/mol. The van der Waals surface area contributed by atoms with Gasteiger partial charge < -0.3 is 9.67 Å². The lowest BCUT2D eigenvalue weighted by Crippen LogP contribution is -2.32. The van der Waals surface area contributed by atoms with E-state index in [1.807, 2.05) is 41.0 Å². The molecule has 2 aromatic rings. The molecule has 90 valence electrons. The number of benzene rings is 1. The topological polar surface area (TPSA) is 25.2 Å². The van der Waals surface area contributed by atoms with E-state index in [4.69, 9.17) is 0 Å². The number of hydrogen-bond acceptors (Lipinski definition) is 1. The van der Waals surface area contributed by atoms with Gasteiger partial charge in [-0.3, -0.25) is 0 Å². The van der Waals surface area contributed by atoms with E-state index in [0.29, 0.717) is 0 Å². The van der Waals surface area contributed by atoms with Crippen molar-refractivity contribution in [2.45, 2.75) is 13.2 Å². The largest absolute Gasteiger partial charge is 0.370 e. The Hall–Kier alpha value is -2.06. The zero-order valence-corrected chi connectivity index (χ0v) is 10.2. The molecule has 0 spiro atoms. The molecule has 1 aromatic heterocycles. The number of aliphatic hydroxyl groups is 1. The summed E-state index contributed by atoms with van der Waals surface area (Å²) in [6.45, 7) is 2.09. The lowest BCUT2D eigenvalue weighted by molar-refractivity contribution is 0.148. The van der Waals surface area contributed by atoms with E-state index in [-0.39, 0.29) is 0 Å². The Bertz CT molecular complexity index is 707. The molecule has 1 unspecified atom stereocenters. The molecule has 1 aromatic carbocycles. The average molecular weight is 237 g/mol. The van der Waals surface area contributed by atoms with Crippen molar-refractivity contribution in [3.05, 3.63) is 70.9 Å². The summed E-state index contributed by atoms with van der Waals surface area (Å²) in [5.74, 6) is 0. The summed E-state index contributed by atoms with van der Waals surface area (Å²) in [4.78, 5) is 0. The predicted molar refractivity (Wildman–Crippen MR) is 73.2 cm³/mol. The summed E-state index contributed by atoms with van der Waals surface area (Å²) >= 11 is 0. The molecule has 1 N–H and O–H groups in total. The second-order valence-corrected chi connectivity index (χ2v) is 4.47. The van der Waals surface area contributed by atoms with Gasteiger partial charge in [0.1, 0.15) is 0 Å². The third-order valence-electron chi connectivity index (χ3n) is 3.36. The SMILES string of the molecule is CC(c1ccccc1)=c1ccc2n1C(O)C=CC=2. The monoisotopic (exact) mass is 237 g/mol. The van der Waals surface area contributed by atoms with Crippen molar-refractivity contribution >= 4 is 11.6 Å². The summed E-state index contributed by atoms with van der Waals surface area (Å²) in [5.41, 5.74) is 2.35. The second-order valence-electron chi connectivity index (χ2n) is 4.47. The Morgan fingerprint density at radius 3 is 2.67 bits per heavy atom. The Morgan fingerprint density at radius 2 is 1.89 bits per heavy atom. The van der Waals surface area contributed by atoms with Crippen LogP contribution in [0.2, 0.25) is 0 Å². The molecule has 1 atom stereocenters. The highest BCUT2D eigenvalue weighted by Gasteiger charge is 2.09. The number of rotatable bonds is 1. The molecule has 2 nitrogen and oxygen atoms in total. The van der Waals surface area contributed by atoms with Crippen LogP contribution in [-0.2, 0) is 0 Å². The fourth-order valence-corrected chi connectivity index (χ4v) is 2.38. The molecule has 0 fully saturated rings. The minimum atomic E-state index is -0.575. The van der Waals surface area contributed by atoms with E-state index in [1.165, 1.54) is 11.1 Å². The third kappa shape index (κ3) is 1.71. The molecule has 2 heterocycles. The van der Waals surface area contributed by atoms with E-state index in [1.54, 1.807) is 6.08 Å². The first-order valence-electron chi connectivity index (χ1n) is 6.07. The van der Waals surface area contributed by atoms with Gasteiger partial charge in [-0.05, 0) is 42.3 Å². The molecule has 0 radical (unpaired) electrons. The van der Waals surface area contributed by atoms with Crippen LogP contribution in [0.4, 0.5) is 0 Å². The van der Waals surface area contributed by atoms with Gasteiger partial charge in [-0.1, -0.05) is 36.4 Å². The van der Waals surface area contributed by atoms with Crippen LogP contribution in [0.5, 0.6) is 0 Å². The van der Waals surface area contributed by atoms with Gasteiger partial charge in [-0.15, -0.1) is 0 Å². The molecule has 18 heavy (non-hydrogen) atoms. The van der Waals surface area contributed by atoms with Gasteiger partial charge in [0.25, 0.3) is 0 Å². The van der Waals surface area contributed by atoms with Crippen LogP contribution in [0.25, 0.3) is 11.6 Å². The number of fused-ring (bicyclic) bond motifs is 1. The van der Waals surface area contributed by atoms with Crippen molar-refractivity contribution in [2.75, 3.05) is 0 Å². The summed E-state index contributed by atoms with van der Waals surface area (Å²) in [6.07, 6.45) is 5.11. The maximum absolute atomic E-state index is 10.1. The molecule has 0 saturated carbocycles. The first-order chi connectivity index (χ1) is 8.77. The van der Waals surface area contributed by atoms with Crippen LogP contribution < -0.4 is 10.7 Å². The zero-order valence-electron chi connectivity index (χ0n) is 10.2. The quantitative estimate of drug-likeness (QED) is 0.800. The van der Waals surface area contributed by atoms with E-state index < -0.39 is 6.23 Å². The molecule has 0 saturated heterocycles. The van der Waals surface area contributed by atoms with Gasteiger partial charge in [-0.25, -0.2) is 0 Å². The second kappa shape index (κ2) is 4.31. The zero-order chi connectivity index (χ0) is 12.5. The van der Waals surface area contributed by atoms with Gasteiger partial charge in [0.2, 0.25) is 0 Å². The molecule has 2 heteroatoms. The normalized spacial score (nSPS) is 19.1. The molecule has 0 aliphatic carbocycles. The Morgan fingerprint density at radius 1 is 1.11 bits per heavy atom. The molecule has 1 aliphatic rings. The number of nitrogens with zero attached hydrogens (tertiary/aromatic N) is 1. The first-order valence-corrected chi connectivity index (χ1v) is 6.07. The molecule has 0 amide bonds.